The summed E-state index contributed by atoms with van der Waals surface area (Å²) in [4.78, 5) is 24.0. The van der Waals surface area contributed by atoms with Crippen molar-refractivity contribution < 1.29 is 28.5 Å². The second kappa shape index (κ2) is 10.8. The highest BCUT2D eigenvalue weighted by molar-refractivity contribution is 5.67. The van der Waals surface area contributed by atoms with Crippen molar-refractivity contribution in [2.24, 2.45) is 0 Å². The largest absolute Gasteiger partial charge is 0.445 e. The highest BCUT2D eigenvalue weighted by atomic mass is 16.8. The number of benzene rings is 2. The minimum atomic E-state index is -0.833. The SMILES string of the molecule is CC1(C)OC(CNC(=O)OCc2ccccc2)C(CNC(=O)OCc2ccccc2)O1. The average molecular weight is 428 g/mol. The zero-order chi connectivity index (χ0) is 22.1. The van der Waals surface area contributed by atoms with Crippen LogP contribution in [0.15, 0.2) is 60.7 Å². The Morgan fingerprint density at radius 2 is 1.16 bits per heavy atom. The van der Waals surface area contributed by atoms with Crippen molar-refractivity contribution in [2.75, 3.05) is 13.1 Å². The molecule has 1 aliphatic heterocycles. The van der Waals surface area contributed by atoms with Gasteiger partial charge in [0.2, 0.25) is 0 Å². The van der Waals surface area contributed by atoms with E-state index < -0.39 is 30.2 Å². The zero-order valence-corrected chi connectivity index (χ0v) is 17.7. The van der Waals surface area contributed by atoms with Gasteiger partial charge in [-0.25, -0.2) is 9.59 Å². The van der Waals surface area contributed by atoms with Crippen LogP contribution in [0.1, 0.15) is 25.0 Å². The Bertz CT molecular complexity index is 774. The van der Waals surface area contributed by atoms with Gasteiger partial charge in [-0.3, -0.25) is 0 Å². The van der Waals surface area contributed by atoms with Crippen molar-refractivity contribution in [3.05, 3.63) is 71.8 Å². The first-order chi connectivity index (χ1) is 14.9. The number of amides is 2. The summed E-state index contributed by atoms with van der Waals surface area (Å²) in [6.07, 6.45) is -2.00. The normalized spacial score (nSPS) is 19.4. The minimum absolute atomic E-state index is 0.179. The number of nitrogens with one attached hydrogen (secondary N) is 2. The Morgan fingerprint density at radius 3 is 1.55 bits per heavy atom. The molecule has 8 heteroatoms. The number of carbonyl (C=O) groups excluding carboxylic acids is 2. The molecule has 0 spiro atoms. The molecule has 1 heterocycles. The van der Waals surface area contributed by atoms with E-state index in [1.165, 1.54) is 0 Å². The highest BCUT2D eigenvalue weighted by Gasteiger charge is 2.41. The molecule has 8 nitrogen and oxygen atoms in total. The molecule has 1 saturated heterocycles. The van der Waals surface area contributed by atoms with E-state index in [-0.39, 0.29) is 26.3 Å². The van der Waals surface area contributed by atoms with Crippen LogP contribution in [0.3, 0.4) is 0 Å². The molecule has 0 saturated carbocycles. The van der Waals surface area contributed by atoms with E-state index >= 15 is 0 Å². The molecule has 2 N–H and O–H groups in total. The average Bonchev–Trinajstić information content (AvgIpc) is 3.08. The van der Waals surface area contributed by atoms with Gasteiger partial charge >= 0.3 is 12.2 Å². The first-order valence-corrected chi connectivity index (χ1v) is 10.2. The molecule has 1 aliphatic rings. The summed E-state index contributed by atoms with van der Waals surface area (Å²) in [7, 11) is 0. The molecule has 2 atom stereocenters. The lowest BCUT2D eigenvalue weighted by atomic mass is 10.2. The standard InChI is InChI=1S/C23H28N2O6/c1-23(2)30-19(13-24-21(26)28-15-17-9-5-3-6-10-17)20(31-23)14-25-22(27)29-16-18-11-7-4-8-12-18/h3-12,19-20H,13-16H2,1-2H3,(H,24,26)(H,25,27). The predicted molar refractivity (Wildman–Crippen MR) is 113 cm³/mol. The van der Waals surface area contributed by atoms with E-state index in [4.69, 9.17) is 18.9 Å². The van der Waals surface area contributed by atoms with Crippen LogP contribution in [0.4, 0.5) is 9.59 Å². The van der Waals surface area contributed by atoms with Gasteiger partial charge in [-0.2, -0.15) is 0 Å². The molecule has 0 bridgehead atoms. The van der Waals surface area contributed by atoms with Crippen LogP contribution >= 0.6 is 0 Å². The molecule has 166 valence electrons. The van der Waals surface area contributed by atoms with Gasteiger partial charge < -0.3 is 29.6 Å². The molecule has 3 rings (SSSR count). The fraction of sp³-hybridized carbons (Fsp3) is 0.391. The quantitative estimate of drug-likeness (QED) is 0.670. The summed E-state index contributed by atoms with van der Waals surface area (Å²) in [6.45, 7) is 4.28. The van der Waals surface area contributed by atoms with Crippen LogP contribution in [0.2, 0.25) is 0 Å². The molecule has 0 aliphatic carbocycles. The molecule has 2 aromatic rings. The van der Waals surface area contributed by atoms with Crippen LogP contribution in [-0.4, -0.2) is 43.3 Å². The number of ether oxygens (including phenoxy) is 4. The molecular weight excluding hydrogens is 400 g/mol. The smallest absolute Gasteiger partial charge is 0.407 e. The molecule has 2 aromatic carbocycles. The minimum Gasteiger partial charge on any atom is -0.445 e. The van der Waals surface area contributed by atoms with Gasteiger partial charge in [0.25, 0.3) is 0 Å². The van der Waals surface area contributed by atoms with E-state index in [0.29, 0.717) is 0 Å². The molecule has 2 amide bonds. The Hall–Kier alpha value is -3.10. The summed E-state index contributed by atoms with van der Waals surface area (Å²) in [5, 5.41) is 5.37. The van der Waals surface area contributed by atoms with Gasteiger partial charge in [0.15, 0.2) is 5.79 Å². The molecule has 0 radical (unpaired) electrons. The lowest BCUT2D eigenvalue weighted by molar-refractivity contribution is -0.145. The lowest BCUT2D eigenvalue weighted by Crippen LogP contribution is -2.43. The van der Waals surface area contributed by atoms with Gasteiger partial charge in [0, 0.05) is 13.1 Å². The molecule has 31 heavy (non-hydrogen) atoms. The van der Waals surface area contributed by atoms with Crippen LogP contribution in [-0.2, 0) is 32.2 Å². The summed E-state index contributed by atoms with van der Waals surface area (Å²) in [6, 6.07) is 18.8. The van der Waals surface area contributed by atoms with Crippen molar-refractivity contribution in [1.82, 2.24) is 10.6 Å². The Balaban J connectivity index is 1.41. The van der Waals surface area contributed by atoms with E-state index in [1.54, 1.807) is 13.8 Å². The Kier molecular flexibility index (Phi) is 7.86. The molecule has 0 aromatic heterocycles. The predicted octanol–water partition coefficient (Wildman–Crippen LogP) is 3.36. The lowest BCUT2D eigenvalue weighted by Gasteiger charge is -2.18. The Labute approximate surface area is 181 Å². The van der Waals surface area contributed by atoms with Crippen molar-refractivity contribution in [2.45, 2.75) is 45.1 Å². The van der Waals surface area contributed by atoms with Gasteiger partial charge in [0.05, 0.1) is 0 Å². The molecule has 1 fully saturated rings. The summed E-state index contributed by atoms with van der Waals surface area (Å²) >= 11 is 0. The zero-order valence-electron chi connectivity index (χ0n) is 17.7. The monoisotopic (exact) mass is 428 g/mol. The van der Waals surface area contributed by atoms with Crippen molar-refractivity contribution >= 4 is 12.2 Å². The fourth-order valence-corrected chi connectivity index (χ4v) is 3.17. The van der Waals surface area contributed by atoms with E-state index in [2.05, 4.69) is 10.6 Å². The summed E-state index contributed by atoms with van der Waals surface area (Å²) < 4.78 is 22.1. The third-order valence-electron chi connectivity index (χ3n) is 4.61. The van der Waals surface area contributed by atoms with Crippen LogP contribution in [0.5, 0.6) is 0 Å². The Morgan fingerprint density at radius 1 is 0.774 bits per heavy atom. The van der Waals surface area contributed by atoms with E-state index in [1.807, 2.05) is 60.7 Å². The highest BCUT2D eigenvalue weighted by Crippen LogP contribution is 2.27. The van der Waals surface area contributed by atoms with Crippen LogP contribution in [0, 0.1) is 0 Å². The maximum absolute atomic E-state index is 12.0. The number of alkyl carbamates (subject to hydrolysis) is 2. The van der Waals surface area contributed by atoms with Crippen LogP contribution in [0.25, 0.3) is 0 Å². The molecule has 2 unspecified atom stereocenters. The third-order valence-corrected chi connectivity index (χ3v) is 4.61. The van der Waals surface area contributed by atoms with E-state index in [0.717, 1.165) is 11.1 Å². The maximum Gasteiger partial charge on any atom is 0.407 e. The van der Waals surface area contributed by atoms with Gasteiger partial charge in [-0.15, -0.1) is 0 Å². The summed E-state index contributed by atoms with van der Waals surface area (Å²) in [5.74, 6) is -0.833. The van der Waals surface area contributed by atoms with Gasteiger partial charge in [0.1, 0.15) is 25.4 Å². The van der Waals surface area contributed by atoms with Gasteiger partial charge in [-0.05, 0) is 25.0 Å². The number of hydrogen-bond donors (Lipinski definition) is 2. The van der Waals surface area contributed by atoms with Crippen molar-refractivity contribution in [1.29, 1.82) is 0 Å². The first kappa shape index (κ1) is 22.6. The third kappa shape index (κ3) is 7.58. The summed E-state index contributed by atoms with van der Waals surface area (Å²) in [5.41, 5.74) is 1.80. The number of rotatable bonds is 8. The second-order valence-corrected chi connectivity index (χ2v) is 7.60. The number of carbonyl (C=O) groups is 2. The number of hydrogen-bond acceptors (Lipinski definition) is 6. The fourth-order valence-electron chi connectivity index (χ4n) is 3.17. The van der Waals surface area contributed by atoms with E-state index in [9.17, 15) is 9.59 Å². The van der Waals surface area contributed by atoms with Crippen molar-refractivity contribution in [3.8, 4) is 0 Å². The second-order valence-electron chi connectivity index (χ2n) is 7.60. The maximum atomic E-state index is 12.0. The molecular formula is C23H28N2O6. The van der Waals surface area contributed by atoms with Crippen molar-refractivity contribution in [3.63, 3.8) is 0 Å². The van der Waals surface area contributed by atoms with Gasteiger partial charge in [-0.1, -0.05) is 60.7 Å². The topological polar surface area (TPSA) is 95.1 Å². The van der Waals surface area contributed by atoms with Crippen LogP contribution < -0.4 is 10.6 Å². The first-order valence-electron chi connectivity index (χ1n) is 10.2.